The lowest BCUT2D eigenvalue weighted by molar-refractivity contribution is -0.885. The normalized spacial score (nSPS) is 17.8. The highest BCUT2D eigenvalue weighted by atomic mass is 32.1. The summed E-state index contributed by atoms with van der Waals surface area (Å²) in [7, 11) is 2.02. The summed E-state index contributed by atoms with van der Waals surface area (Å²) >= 11 is 3.26. The molecule has 3 rings (SSSR count). The third-order valence-electron chi connectivity index (χ3n) is 4.42. The van der Waals surface area contributed by atoms with Crippen molar-refractivity contribution in [1.82, 2.24) is 0 Å². The van der Waals surface area contributed by atoms with Crippen molar-refractivity contribution in [2.75, 3.05) is 18.9 Å². The molecule has 126 valence electrons. The highest BCUT2D eigenvalue weighted by Gasteiger charge is 2.25. The van der Waals surface area contributed by atoms with Gasteiger partial charge in [0.15, 0.2) is 6.54 Å². The number of rotatable bonds is 5. The maximum Gasteiger partial charge on any atom is 0.280 e. The molecular weight excluding hydrogens is 338 g/mol. The second-order valence-corrected chi connectivity index (χ2v) is 8.54. The zero-order valence-corrected chi connectivity index (χ0v) is 15.6. The number of nitrogens with zero attached hydrogens (tertiary/aromatic N) is 1. The minimum Gasteiger partial charge on any atom is -0.326 e. The van der Waals surface area contributed by atoms with Crippen molar-refractivity contribution in [3.8, 4) is 6.07 Å². The lowest BCUT2D eigenvalue weighted by Gasteiger charge is -2.17. The standard InChI is InChI=1S/C18H21N3OS2/c1-12-3-4-14-15(8-19)18(24-16(14)7-12)20-17(22)10-21(2)9-13-5-6-23-11-13/h5-6,11-12H,3-4,7,9-10H2,1-2H3,(H,20,22)/p+1/t12-/m0/s1. The molecular formula is C18H22N3OS2+. The van der Waals surface area contributed by atoms with Gasteiger partial charge in [0.05, 0.1) is 12.6 Å². The third-order valence-corrected chi connectivity index (χ3v) is 6.33. The summed E-state index contributed by atoms with van der Waals surface area (Å²) in [5, 5.41) is 17.4. The van der Waals surface area contributed by atoms with Crippen molar-refractivity contribution >= 4 is 33.6 Å². The number of nitrogens with one attached hydrogen (secondary N) is 2. The first-order valence-electron chi connectivity index (χ1n) is 8.23. The molecule has 4 nitrogen and oxygen atoms in total. The zero-order valence-electron chi connectivity index (χ0n) is 14.0. The Morgan fingerprint density at radius 1 is 1.54 bits per heavy atom. The smallest absolute Gasteiger partial charge is 0.280 e. The first kappa shape index (κ1) is 17.2. The highest BCUT2D eigenvalue weighted by molar-refractivity contribution is 7.16. The van der Waals surface area contributed by atoms with E-state index < -0.39 is 0 Å². The van der Waals surface area contributed by atoms with Crippen LogP contribution in [-0.2, 0) is 24.2 Å². The van der Waals surface area contributed by atoms with E-state index in [1.54, 1.807) is 22.7 Å². The Bertz CT molecular complexity index is 758. The number of hydrogen-bond acceptors (Lipinski definition) is 4. The van der Waals surface area contributed by atoms with Crippen LogP contribution in [0.4, 0.5) is 5.00 Å². The van der Waals surface area contributed by atoms with Gasteiger partial charge in [-0.2, -0.15) is 16.6 Å². The fraction of sp³-hybridized carbons (Fsp3) is 0.444. The molecule has 24 heavy (non-hydrogen) atoms. The molecule has 2 heterocycles. The Hall–Kier alpha value is -1.68. The molecule has 1 aliphatic rings. The summed E-state index contributed by atoms with van der Waals surface area (Å²) in [6, 6.07) is 4.40. The summed E-state index contributed by atoms with van der Waals surface area (Å²) in [6.45, 7) is 3.48. The van der Waals surface area contributed by atoms with Crippen LogP contribution in [0, 0.1) is 17.2 Å². The summed E-state index contributed by atoms with van der Waals surface area (Å²) in [6.07, 6.45) is 3.10. The number of likely N-dealkylation sites (N-methyl/N-ethyl adjacent to an activating group) is 1. The Labute approximate surface area is 150 Å². The van der Waals surface area contributed by atoms with E-state index in [-0.39, 0.29) is 5.91 Å². The SMILES string of the molecule is C[C@H]1CCc2c(sc(NC(=O)C[NH+](C)Cc3ccsc3)c2C#N)C1. The average Bonchev–Trinajstić information content (AvgIpc) is 3.13. The van der Waals surface area contributed by atoms with Crippen molar-refractivity contribution in [3.05, 3.63) is 38.4 Å². The number of thiophene rings is 2. The number of carbonyl (C=O) groups excluding carboxylic acids is 1. The number of quaternary nitrogens is 1. The van der Waals surface area contributed by atoms with Gasteiger partial charge >= 0.3 is 0 Å². The topological polar surface area (TPSA) is 57.3 Å². The number of fused-ring (bicyclic) bond motifs is 1. The van der Waals surface area contributed by atoms with Gasteiger partial charge in [-0.05, 0) is 47.6 Å². The van der Waals surface area contributed by atoms with Crippen LogP contribution in [0.15, 0.2) is 16.8 Å². The van der Waals surface area contributed by atoms with Crippen molar-refractivity contribution in [1.29, 1.82) is 5.26 Å². The van der Waals surface area contributed by atoms with Gasteiger partial charge in [0.25, 0.3) is 5.91 Å². The number of hydrogen-bond donors (Lipinski definition) is 2. The molecule has 2 aromatic rings. The molecule has 0 saturated carbocycles. The van der Waals surface area contributed by atoms with Crippen molar-refractivity contribution < 1.29 is 9.69 Å². The molecule has 2 aromatic heterocycles. The predicted octanol–water partition coefficient (Wildman–Crippen LogP) is 2.46. The van der Waals surface area contributed by atoms with Crippen LogP contribution in [0.1, 0.15) is 34.9 Å². The fourth-order valence-corrected chi connectivity index (χ4v) is 5.25. The molecule has 1 amide bonds. The van der Waals surface area contributed by atoms with Crippen LogP contribution in [-0.4, -0.2) is 19.5 Å². The van der Waals surface area contributed by atoms with Crippen LogP contribution < -0.4 is 10.2 Å². The second kappa shape index (κ2) is 7.47. The van der Waals surface area contributed by atoms with Gasteiger partial charge in [0, 0.05) is 10.4 Å². The van der Waals surface area contributed by atoms with Crippen LogP contribution in [0.5, 0.6) is 0 Å². The minimum atomic E-state index is -0.0223. The number of amides is 1. The molecule has 0 spiro atoms. The monoisotopic (exact) mass is 360 g/mol. The van der Waals surface area contributed by atoms with E-state index in [1.807, 2.05) is 7.05 Å². The lowest BCUT2D eigenvalue weighted by Crippen LogP contribution is -3.08. The molecule has 2 N–H and O–H groups in total. The number of nitriles is 1. The third kappa shape index (κ3) is 3.86. The van der Waals surface area contributed by atoms with Gasteiger partial charge < -0.3 is 10.2 Å². The molecule has 0 bridgehead atoms. The van der Waals surface area contributed by atoms with Crippen molar-refractivity contribution in [2.45, 2.75) is 32.7 Å². The molecule has 0 fully saturated rings. The van der Waals surface area contributed by atoms with Crippen molar-refractivity contribution in [3.63, 3.8) is 0 Å². The van der Waals surface area contributed by atoms with Crippen molar-refractivity contribution in [2.24, 2.45) is 5.92 Å². The predicted molar refractivity (Wildman–Crippen MR) is 98.6 cm³/mol. The van der Waals surface area contributed by atoms with Gasteiger partial charge in [-0.1, -0.05) is 6.92 Å². The maximum atomic E-state index is 12.4. The molecule has 1 aliphatic carbocycles. The fourth-order valence-electron chi connectivity index (χ4n) is 3.21. The van der Waals surface area contributed by atoms with Crippen LogP contribution in [0.25, 0.3) is 0 Å². The van der Waals surface area contributed by atoms with Gasteiger partial charge in [-0.15, -0.1) is 11.3 Å². The molecule has 1 unspecified atom stereocenters. The Morgan fingerprint density at radius 2 is 2.38 bits per heavy atom. The molecule has 6 heteroatoms. The maximum absolute atomic E-state index is 12.4. The quantitative estimate of drug-likeness (QED) is 0.861. The average molecular weight is 361 g/mol. The summed E-state index contributed by atoms with van der Waals surface area (Å²) in [5.74, 6) is 0.637. The van der Waals surface area contributed by atoms with Gasteiger partial charge in [-0.3, -0.25) is 4.79 Å². The zero-order chi connectivity index (χ0) is 17.1. The van der Waals surface area contributed by atoms with Crippen LogP contribution >= 0.6 is 22.7 Å². The Kier molecular flexibility index (Phi) is 5.34. The van der Waals surface area contributed by atoms with E-state index in [4.69, 9.17) is 0 Å². The Morgan fingerprint density at radius 3 is 3.08 bits per heavy atom. The van der Waals surface area contributed by atoms with E-state index in [1.165, 1.54) is 10.4 Å². The summed E-state index contributed by atoms with van der Waals surface area (Å²) < 4.78 is 0. The van der Waals surface area contributed by atoms with E-state index in [2.05, 4.69) is 35.1 Å². The van der Waals surface area contributed by atoms with Crippen LogP contribution in [0.2, 0.25) is 0 Å². The lowest BCUT2D eigenvalue weighted by atomic mass is 9.89. The first-order valence-corrected chi connectivity index (χ1v) is 9.99. The van der Waals surface area contributed by atoms with E-state index in [9.17, 15) is 10.1 Å². The summed E-state index contributed by atoms with van der Waals surface area (Å²) in [5.41, 5.74) is 3.10. The minimum absolute atomic E-state index is 0.0223. The van der Waals surface area contributed by atoms with E-state index >= 15 is 0 Å². The van der Waals surface area contributed by atoms with Gasteiger partial charge in [0.1, 0.15) is 17.6 Å². The molecule has 0 aromatic carbocycles. The van der Waals surface area contributed by atoms with Gasteiger partial charge in [0.2, 0.25) is 0 Å². The van der Waals surface area contributed by atoms with E-state index in [0.29, 0.717) is 18.0 Å². The first-order chi connectivity index (χ1) is 11.6. The molecule has 0 saturated heterocycles. The highest BCUT2D eigenvalue weighted by Crippen LogP contribution is 2.39. The number of anilines is 1. The van der Waals surface area contributed by atoms with Gasteiger partial charge in [-0.25, -0.2) is 0 Å². The van der Waals surface area contributed by atoms with E-state index in [0.717, 1.165) is 41.3 Å². The summed E-state index contributed by atoms with van der Waals surface area (Å²) in [4.78, 5) is 14.8. The van der Waals surface area contributed by atoms with Crippen LogP contribution in [0.3, 0.4) is 0 Å². The molecule has 0 radical (unpaired) electrons. The molecule has 0 aliphatic heterocycles. The Balaban J connectivity index is 1.65. The second-order valence-electron chi connectivity index (χ2n) is 6.66. The number of carbonyl (C=O) groups is 1. The largest absolute Gasteiger partial charge is 0.326 e. The molecule has 2 atom stereocenters.